The lowest BCUT2D eigenvalue weighted by molar-refractivity contribution is 0.103. The molecule has 152 valence electrons. The second-order valence-corrected chi connectivity index (χ2v) is 8.05. The molecule has 0 aromatic heterocycles. The van der Waals surface area contributed by atoms with Gasteiger partial charge in [0.1, 0.15) is 10.6 Å². The summed E-state index contributed by atoms with van der Waals surface area (Å²) in [6.07, 6.45) is 0. The van der Waals surface area contributed by atoms with Crippen LogP contribution in [-0.4, -0.2) is 56.2 Å². The van der Waals surface area contributed by atoms with Gasteiger partial charge in [0, 0.05) is 5.56 Å². The third-order valence-corrected chi connectivity index (χ3v) is 5.37. The lowest BCUT2D eigenvalue weighted by Crippen LogP contribution is -2.09. The smallest absolute Gasteiger partial charge is 0.302 e. The molecule has 0 saturated heterocycles. The van der Waals surface area contributed by atoms with Crippen molar-refractivity contribution in [3.05, 3.63) is 35.4 Å². The van der Waals surface area contributed by atoms with Crippen molar-refractivity contribution in [3.63, 3.8) is 0 Å². The van der Waals surface area contributed by atoms with E-state index >= 15 is 0 Å². The Morgan fingerprint density at radius 1 is 0.929 bits per heavy atom. The standard InChI is InChI=1S/C15H14O11S2/c1-25-10-4-3-7(5-11(10)27(19,20)21)12(17)8-6-9(16)14(26-2)15(13(8)18)28(22,23)24/h3-6,16,18H,1-2H3,(H,19,20,21)(H,22,23,24). The molecule has 0 saturated carbocycles. The topological polar surface area (TPSA) is 185 Å². The Morgan fingerprint density at radius 3 is 2.00 bits per heavy atom. The predicted octanol–water partition coefficient (Wildman–Crippen LogP) is 0.839. The molecule has 4 N–H and O–H groups in total. The van der Waals surface area contributed by atoms with Crippen molar-refractivity contribution in [3.8, 4) is 23.0 Å². The van der Waals surface area contributed by atoms with Crippen LogP contribution in [0.1, 0.15) is 15.9 Å². The van der Waals surface area contributed by atoms with Crippen LogP contribution in [0.4, 0.5) is 0 Å². The number of phenolic OH excluding ortho intramolecular Hbond substituents is 2. The van der Waals surface area contributed by atoms with E-state index in [-0.39, 0.29) is 5.75 Å². The summed E-state index contributed by atoms with van der Waals surface area (Å²) in [7, 11) is -7.84. The highest BCUT2D eigenvalue weighted by molar-refractivity contribution is 7.86. The van der Waals surface area contributed by atoms with Crippen molar-refractivity contribution >= 4 is 26.0 Å². The van der Waals surface area contributed by atoms with Gasteiger partial charge in [-0.2, -0.15) is 16.8 Å². The van der Waals surface area contributed by atoms with E-state index in [2.05, 4.69) is 4.74 Å². The van der Waals surface area contributed by atoms with Gasteiger partial charge in [-0.1, -0.05) is 0 Å². The Kier molecular flexibility index (Phi) is 5.57. The minimum absolute atomic E-state index is 0.278. The van der Waals surface area contributed by atoms with Gasteiger partial charge in [-0.25, -0.2) is 0 Å². The molecule has 0 bridgehead atoms. The lowest BCUT2D eigenvalue weighted by Gasteiger charge is -2.14. The fraction of sp³-hybridized carbons (Fsp3) is 0.133. The summed E-state index contributed by atoms with van der Waals surface area (Å²) in [5.74, 6) is -4.33. The molecule has 0 aliphatic heterocycles. The van der Waals surface area contributed by atoms with E-state index in [0.29, 0.717) is 6.07 Å². The molecule has 2 rings (SSSR count). The van der Waals surface area contributed by atoms with Crippen LogP contribution < -0.4 is 9.47 Å². The molecule has 0 radical (unpaired) electrons. The van der Waals surface area contributed by atoms with Crippen LogP contribution in [0.2, 0.25) is 0 Å². The van der Waals surface area contributed by atoms with E-state index in [9.17, 15) is 40.9 Å². The number of methoxy groups -OCH3 is 2. The van der Waals surface area contributed by atoms with Crippen LogP contribution in [0.5, 0.6) is 23.0 Å². The Labute approximate surface area is 159 Å². The highest BCUT2D eigenvalue weighted by Crippen LogP contribution is 2.43. The molecule has 2 aromatic rings. The zero-order valence-corrected chi connectivity index (χ0v) is 15.9. The van der Waals surface area contributed by atoms with Crippen LogP contribution in [0, 0.1) is 0 Å². The first-order valence-corrected chi connectivity index (χ1v) is 10.0. The number of ketones is 1. The van der Waals surface area contributed by atoms with E-state index in [1.54, 1.807) is 0 Å². The first-order valence-electron chi connectivity index (χ1n) is 7.13. The predicted molar refractivity (Wildman–Crippen MR) is 92.4 cm³/mol. The number of carbonyl (C=O) groups excluding carboxylic acids is 1. The zero-order valence-electron chi connectivity index (χ0n) is 14.3. The molecule has 13 heteroatoms. The average Bonchev–Trinajstić information content (AvgIpc) is 2.59. The molecular formula is C15H14O11S2. The summed E-state index contributed by atoms with van der Waals surface area (Å²) in [6, 6.07) is 3.51. The van der Waals surface area contributed by atoms with Crippen molar-refractivity contribution in [1.82, 2.24) is 0 Å². The molecule has 0 heterocycles. The lowest BCUT2D eigenvalue weighted by atomic mass is 10.0. The van der Waals surface area contributed by atoms with Gasteiger partial charge >= 0.3 is 10.1 Å². The van der Waals surface area contributed by atoms with Crippen LogP contribution in [0.15, 0.2) is 34.1 Å². The Hall–Kier alpha value is -2.87. The van der Waals surface area contributed by atoms with Crippen molar-refractivity contribution in [2.24, 2.45) is 0 Å². The van der Waals surface area contributed by atoms with Crippen LogP contribution in [0.25, 0.3) is 0 Å². The van der Waals surface area contributed by atoms with Gasteiger partial charge in [0.05, 0.1) is 19.8 Å². The number of carbonyl (C=O) groups is 1. The van der Waals surface area contributed by atoms with Gasteiger partial charge in [-0.05, 0) is 24.3 Å². The summed E-state index contributed by atoms with van der Waals surface area (Å²) < 4.78 is 73.9. The largest absolute Gasteiger partial charge is 0.506 e. The van der Waals surface area contributed by atoms with Gasteiger partial charge in [-0.15, -0.1) is 0 Å². The molecule has 0 atom stereocenters. The molecule has 0 aliphatic rings. The van der Waals surface area contributed by atoms with Gasteiger partial charge in [0.15, 0.2) is 27.9 Å². The van der Waals surface area contributed by atoms with Gasteiger partial charge in [0.25, 0.3) is 10.1 Å². The van der Waals surface area contributed by atoms with Gasteiger partial charge < -0.3 is 19.7 Å². The summed E-state index contributed by atoms with van der Waals surface area (Å²) >= 11 is 0. The van der Waals surface area contributed by atoms with Crippen LogP contribution >= 0.6 is 0 Å². The number of ether oxygens (including phenoxy) is 2. The molecule has 0 unspecified atom stereocenters. The number of phenols is 2. The number of benzene rings is 2. The van der Waals surface area contributed by atoms with Crippen LogP contribution in [-0.2, 0) is 20.2 Å². The van der Waals surface area contributed by atoms with Crippen molar-refractivity contribution in [2.45, 2.75) is 9.79 Å². The van der Waals surface area contributed by atoms with Gasteiger partial charge in [-0.3, -0.25) is 13.9 Å². The van der Waals surface area contributed by atoms with E-state index < -0.39 is 64.2 Å². The summed E-state index contributed by atoms with van der Waals surface area (Å²) in [5, 5.41) is 20.1. The Bertz CT molecular complexity index is 1160. The fourth-order valence-electron chi connectivity index (χ4n) is 2.40. The second-order valence-electron chi connectivity index (χ2n) is 5.30. The van der Waals surface area contributed by atoms with Crippen molar-refractivity contribution in [1.29, 1.82) is 0 Å². The highest BCUT2D eigenvalue weighted by atomic mass is 32.2. The molecule has 0 fully saturated rings. The first kappa shape index (κ1) is 21.4. The monoisotopic (exact) mass is 434 g/mol. The van der Waals surface area contributed by atoms with Gasteiger partial charge in [0.2, 0.25) is 0 Å². The maximum Gasteiger partial charge on any atom is 0.302 e. The second kappa shape index (κ2) is 7.27. The minimum Gasteiger partial charge on any atom is -0.506 e. The quantitative estimate of drug-likeness (QED) is 0.287. The number of rotatable bonds is 6. The van der Waals surface area contributed by atoms with E-state index in [1.165, 1.54) is 0 Å². The molecular weight excluding hydrogens is 420 g/mol. The van der Waals surface area contributed by atoms with E-state index in [1.807, 2.05) is 0 Å². The van der Waals surface area contributed by atoms with E-state index in [0.717, 1.165) is 32.4 Å². The third-order valence-electron chi connectivity index (χ3n) is 3.60. The van der Waals surface area contributed by atoms with Crippen LogP contribution in [0.3, 0.4) is 0 Å². The zero-order chi connectivity index (χ0) is 21.4. The first-order chi connectivity index (χ1) is 12.8. The molecule has 0 spiro atoms. The maximum atomic E-state index is 12.7. The molecule has 0 amide bonds. The minimum atomic E-state index is -5.12. The molecule has 28 heavy (non-hydrogen) atoms. The maximum absolute atomic E-state index is 12.7. The summed E-state index contributed by atoms with van der Waals surface area (Å²) in [5.41, 5.74) is -1.19. The fourth-order valence-corrected chi connectivity index (χ4v) is 3.86. The summed E-state index contributed by atoms with van der Waals surface area (Å²) in [4.78, 5) is 10.7. The number of hydrogen-bond acceptors (Lipinski definition) is 9. The molecule has 2 aromatic carbocycles. The molecule has 11 nitrogen and oxygen atoms in total. The Balaban J connectivity index is 2.77. The molecule has 0 aliphatic carbocycles. The number of aromatic hydroxyl groups is 2. The summed E-state index contributed by atoms with van der Waals surface area (Å²) in [6.45, 7) is 0. The average molecular weight is 434 g/mol. The highest BCUT2D eigenvalue weighted by Gasteiger charge is 2.31. The normalized spacial score (nSPS) is 11.9. The van der Waals surface area contributed by atoms with Crippen molar-refractivity contribution in [2.75, 3.05) is 14.2 Å². The van der Waals surface area contributed by atoms with E-state index in [4.69, 9.17) is 4.74 Å². The van der Waals surface area contributed by atoms with Crippen molar-refractivity contribution < 1.29 is 50.4 Å². The third kappa shape index (κ3) is 3.87. The number of hydrogen-bond donors (Lipinski definition) is 4. The Morgan fingerprint density at radius 2 is 1.54 bits per heavy atom. The SMILES string of the molecule is COc1ccc(C(=O)c2cc(O)c(OC)c(S(=O)(=O)O)c2O)cc1S(=O)(=O)O.